The Morgan fingerprint density at radius 3 is 2.55 bits per heavy atom. The minimum Gasteiger partial charge on any atom is -0.375 e. The molecule has 1 atom stereocenters. The van der Waals surface area contributed by atoms with E-state index < -0.39 is 0 Å². The van der Waals surface area contributed by atoms with Crippen LogP contribution >= 0.6 is 11.3 Å². The van der Waals surface area contributed by atoms with Gasteiger partial charge in [0, 0.05) is 38.3 Å². The lowest BCUT2D eigenvalue weighted by molar-refractivity contribution is -0.126. The summed E-state index contributed by atoms with van der Waals surface area (Å²) in [7, 11) is 0. The highest BCUT2D eigenvalue weighted by Gasteiger charge is 2.46. The molecule has 1 aliphatic carbocycles. The number of carbonyl (C=O) groups excluding carboxylic acids is 2. The number of hydrogen-bond donors (Lipinski definition) is 1. The van der Waals surface area contributed by atoms with Crippen LogP contribution in [0, 0.1) is 13.8 Å². The number of aromatic nitrogens is 1. The van der Waals surface area contributed by atoms with Crippen molar-refractivity contribution in [2.45, 2.75) is 77.0 Å². The lowest BCUT2D eigenvalue weighted by Gasteiger charge is -2.48. The normalized spacial score (nSPS) is 23.8. The molecular formula is C21H32N4O3S. The molecule has 0 radical (unpaired) electrons. The van der Waals surface area contributed by atoms with Gasteiger partial charge in [-0.25, -0.2) is 9.78 Å². The van der Waals surface area contributed by atoms with Gasteiger partial charge in [-0.15, -0.1) is 11.3 Å². The number of piperidine rings is 1. The summed E-state index contributed by atoms with van der Waals surface area (Å²) in [5, 5.41) is 3.93. The Balaban J connectivity index is 1.40. The molecule has 29 heavy (non-hydrogen) atoms. The fraction of sp³-hybridized carbons (Fsp3) is 0.762. The molecule has 1 aromatic rings. The number of rotatable bonds is 4. The van der Waals surface area contributed by atoms with Gasteiger partial charge in [0.2, 0.25) is 0 Å². The van der Waals surface area contributed by atoms with E-state index >= 15 is 0 Å². The van der Waals surface area contributed by atoms with E-state index in [-0.39, 0.29) is 23.6 Å². The number of urea groups is 1. The van der Waals surface area contributed by atoms with Crippen molar-refractivity contribution >= 4 is 23.3 Å². The lowest BCUT2D eigenvalue weighted by Crippen LogP contribution is -2.57. The third-order valence-corrected chi connectivity index (χ3v) is 7.48. The monoisotopic (exact) mass is 420 g/mol. The van der Waals surface area contributed by atoms with Crippen LogP contribution in [0.3, 0.4) is 0 Å². The third kappa shape index (κ3) is 4.28. The van der Waals surface area contributed by atoms with Crippen LogP contribution in [0.15, 0.2) is 0 Å². The van der Waals surface area contributed by atoms with E-state index in [2.05, 4.69) is 15.2 Å². The number of likely N-dealkylation sites (tertiary alicyclic amines) is 1. The van der Waals surface area contributed by atoms with Crippen LogP contribution in [0.2, 0.25) is 0 Å². The molecule has 1 unspecified atom stereocenters. The highest BCUT2D eigenvalue weighted by molar-refractivity contribution is 7.13. The highest BCUT2D eigenvalue weighted by Crippen LogP contribution is 2.40. The van der Waals surface area contributed by atoms with Crippen molar-refractivity contribution < 1.29 is 14.3 Å². The van der Waals surface area contributed by atoms with Gasteiger partial charge in [0.1, 0.15) is 4.88 Å². The van der Waals surface area contributed by atoms with Gasteiger partial charge in [0.25, 0.3) is 5.91 Å². The fourth-order valence-corrected chi connectivity index (χ4v) is 5.69. The summed E-state index contributed by atoms with van der Waals surface area (Å²) < 4.78 is 6.28. The number of nitrogens with one attached hydrogen (secondary N) is 1. The van der Waals surface area contributed by atoms with Crippen molar-refractivity contribution in [1.29, 1.82) is 0 Å². The second-order valence-electron chi connectivity index (χ2n) is 8.59. The molecule has 0 aromatic carbocycles. The average molecular weight is 421 g/mol. The van der Waals surface area contributed by atoms with Crippen LogP contribution in [0.25, 0.3) is 0 Å². The second-order valence-corrected chi connectivity index (χ2v) is 9.79. The molecule has 1 spiro atoms. The summed E-state index contributed by atoms with van der Waals surface area (Å²) in [5.74, 6) is 0.0947. The Morgan fingerprint density at radius 1 is 1.24 bits per heavy atom. The number of amides is 3. The Morgan fingerprint density at radius 2 is 1.97 bits per heavy atom. The summed E-state index contributed by atoms with van der Waals surface area (Å²) >= 11 is 1.48. The number of thiazole rings is 1. The maximum atomic E-state index is 12.9. The van der Waals surface area contributed by atoms with Gasteiger partial charge in [-0.3, -0.25) is 4.79 Å². The molecule has 1 aromatic heterocycles. The van der Waals surface area contributed by atoms with E-state index in [0.29, 0.717) is 32.3 Å². The van der Waals surface area contributed by atoms with Gasteiger partial charge in [0.15, 0.2) is 0 Å². The molecule has 1 saturated carbocycles. The SMILES string of the molecule is CCNC(=O)N(C1CC1)C1CCOC2(CCN(C(=O)c3sc(C)nc3C)CC2)C1. The van der Waals surface area contributed by atoms with E-state index in [1.807, 2.05) is 25.7 Å². The molecule has 8 heteroatoms. The van der Waals surface area contributed by atoms with Crippen LogP contribution < -0.4 is 5.32 Å². The standard InChI is InChI=1S/C21H32N4O3S/c1-4-22-20(27)25(16-5-6-16)17-7-12-28-21(13-17)8-10-24(11-9-21)19(26)18-14(2)23-15(3)29-18/h16-17H,4-13H2,1-3H3,(H,22,27). The first-order valence-corrected chi connectivity index (χ1v) is 11.7. The minimum absolute atomic E-state index is 0.0701. The van der Waals surface area contributed by atoms with Crippen LogP contribution in [-0.2, 0) is 4.74 Å². The largest absolute Gasteiger partial charge is 0.375 e. The molecule has 160 valence electrons. The Kier molecular flexibility index (Phi) is 5.84. The van der Waals surface area contributed by atoms with E-state index in [9.17, 15) is 9.59 Å². The van der Waals surface area contributed by atoms with Gasteiger partial charge in [-0.1, -0.05) is 0 Å². The quantitative estimate of drug-likeness (QED) is 0.812. The first-order chi connectivity index (χ1) is 13.9. The zero-order valence-corrected chi connectivity index (χ0v) is 18.5. The number of aryl methyl sites for hydroxylation is 2. The first kappa shape index (κ1) is 20.6. The zero-order chi connectivity index (χ0) is 20.6. The lowest BCUT2D eigenvalue weighted by atomic mass is 9.81. The van der Waals surface area contributed by atoms with E-state index in [1.54, 1.807) is 0 Å². The molecule has 3 amide bonds. The van der Waals surface area contributed by atoms with Crippen molar-refractivity contribution in [2.75, 3.05) is 26.2 Å². The molecule has 4 rings (SSSR count). The highest BCUT2D eigenvalue weighted by atomic mass is 32.1. The molecule has 3 aliphatic rings. The molecule has 3 heterocycles. The number of hydrogen-bond acceptors (Lipinski definition) is 5. The third-order valence-electron chi connectivity index (χ3n) is 6.42. The van der Waals surface area contributed by atoms with Gasteiger partial charge >= 0.3 is 6.03 Å². The molecule has 2 saturated heterocycles. The topological polar surface area (TPSA) is 74.8 Å². The molecule has 0 bridgehead atoms. The molecule has 3 fully saturated rings. The average Bonchev–Trinajstić information content (AvgIpc) is 3.45. The summed E-state index contributed by atoms with van der Waals surface area (Å²) in [6, 6.07) is 0.693. The summed E-state index contributed by atoms with van der Waals surface area (Å²) in [5.41, 5.74) is 0.617. The first-order valence-electron chi connectivity index (χ1n) is 10.9. The van der Waals surface area contributed by atoms with Gasteiger partial charge < -0.3 is 19.9 Å². The predicted octanol–water partition coefficient (Wildman–Crippen LogP) is 3.11. The Bertz CT molecular complexity index is 768. The number of nitrogens with zero attached hydrogens (tertiary/aromatic N) is 3. The maximum Gasteiger partial charge on any atom is 0.317 e. The summed E-state index contributed by atoms with van der Waals surface area (Å²) in [4.78, 5) is 34.8. The molecule has 7 nitrogen and oxygen atoms in total. The minimum atomic E-state index is -0.210. The second kappa shape index (κ2) is 8.22. The van der Waals surface area contributed by atoms with Gasteiger partial charge in [0.05, 0.1) is 16.3 Å². The summed E-state index contributed by atoms with van der Waals surface area (Å²) in [6.07, 6.45) is 5.66. The van der Waals surface area contributed by atoms with E-state index in [0.717, 1.165) is 54.1 Å². The van der Waals surface area contributed by atoms with Crippen LogP contribution in [0.4, 0.5) is 4.79 Å². The van der Waals surface area contributed by atoms with Crippen LogP contribution in [0.5, 0.6) is 0 Å². The van der Waals surface area contributed by atoms with Crippen molar-refractivity contribution in [3.63, 3.8) is 0 Å². The van der Waals surface area contributed by atoms with Gasteiger partial charge in [-0.05, 0) is 59.3 Å². The number of ether oxygens (including phenoxy) is 1. The molecule has 1 N–H and O–H groups in total. The van der Waals surface area contributed by atoms with E-state index in [1.165, 1.54) is 11.3 Å². The fourth-order valence-electron chi connectivity index (χ4n) is 4.80. The predicted molar refractivity (Wildman–Crippen MR) is 112 cm³/mol. The number of carbonyl (C=O) groups is 2. The Hall–Kier alpha value is -1.67. The smallest absolute Gasteiger partial charge is 0.317 e. The van der Waals surface area contributed by atoms with Crippen molar-refractivity contribution in [1.82, 2.24) is 20.1 Å². The molecule has 2 aliphatic heterocycles. The van der Waals surface area contributed by atoms with Crippen molar-refractivity contribution in [3.8, 4) is 0 Å². The van der Waals surface area contributed by atoms with Crippen LogP contribution in [-0.4, -0.2) is 70.6 Å². The van der Waals surface area contributed by atoms with Crippen molar-refractivity contribution in [2.24, 2.45) is 0 Å². The van der Waals surface area contributed by atoms with E-state index in [4.69, 9.17) is 4.74 Å². The molecular weight excluding hydrogens is 388 g/mol. The summed E-state index contributed by atoms with van der Waals surface area (Å²) in [6.45, 7) is 8.56. The van der Waals surface area contributed by atoms with Gasteiger partial charge in [-0.2, -0.15) is 0 Å². The Labute approximate surface area is 176 Å². The maximum absolute atomic E-state index is 12.9. The van der Waals surface area contributed by atoms with Crippen molar-refractivity contribution in [3.05, 3.63) is 15.6 Å². The van der Waals surface area contributed by atoms with Crippen LogP contribution in [0.1, 0.15) is 65.8 Å². The zero-order valence-electron chi connectivity index (χ0n) is 17.7.